The number of nitrogens with zero attached hydrogens (tertiary/aromatic N) is 1. The van der Waals surface area contributed by atoms with Crippen molar-refractivity contribution in [3.05, 3.63) is 90.5 Å². The van der Waals surface area contributed by atoms with E-state index in [1.165, 1.54) is 23.1 Å². The molecule has 150 valence electrons. The van der Waals surface area contributed by atoms with E-state index >= 15 is 0 Å². The third-order valence-electron chi connectivity index (χ3n) is 4.30. The number of nitrogens with one attached hydrogen (secondary N) is 1. The SMILES string of the molecule is CN(c1ccccc1)S(=O)(=O)c1ccc(SCC(=O)NCc2ccccc2)cc1. The molecule has 0 spiro atoms. The summed E-state index contributed by atoms with van der Waals surface area (Å²) in [6.45, 7) is 0.489. The lowest BCUT2D eigenvalue weighted by Gasteiger charge is -2.19. The Bertz CT molecular complexity index is 1040. The fourth-order valence-corrected chi connectivity index (χ4v) is 4.56. The van der Waals surface area contributed by atoms with Crippen LogP contribution < -0.4 is 9.62 Å². The van der Waals surface area contributed by atoms with Crippen molar-refractivity contribution in [2.24, 2.45) is 0 Å². The zero-order valence-corrected chi connectivity index (χ0v) is 17.6. The summed E-state index contributed by atoms with van der Waals surface area (Å²) in [4.78, 5) is 13.1. The monoisotopic (exact) mass is 426 g/mol. The third-order valence-corrected chi connectivity index (χ3v) is 7.12. The van der Waals surface area contributed by atoms with Crippen molar-refractivity contribution in [1.82, 2.24) is 5.32 Å². The maximum absolute atomic E-state index is 12.8. The molecule has 0 aliphatic heterocycles. The van der Waals surface area contributed by atoms with E-state index in [-0.39, 0.29) is 16.6 Å². The largest absolute Gasteiger partial charge is 0.351 e. The van der Waals surface area contributed by atoms with E-state index in [0.29, 0.717) is 12.2 Å². The number of hydrogen-bond acceptors (Lipinski definition) is 4. The molecule has 0 bridgehead atoms. The van der Waals surface area contributed by atoms with Gasteiger partial charge in [-0.25, -0.2) is 8.42 Å². The lowest BCUT2D eigenvalue weighted by molar-refractivity contribution is -0.118. The van der Waals surface area contributed by atoms with Gasteiger partial charge in [0, 0.05) is 18.5 Å². The van der Waals surface area contributed by atoms with Crippen molar-refractivity contribution in [2.45, 2.75) is 16.3 Å². The number of rotatable bonds is 8. The molecule has 1 amide bonds. The first-order valence-corrected chi connectivity index (χ1v) is 11.5. The summed E-state index contributed by atoms with van der Waals surface area (Å²) in [5.74, 6) is 0.197. The molecular weight excluding hydrogens is 404 g/mol. The molecule has 0 aromatic heterocycles. The Kier molecular flexibility index (Phi) is 6.95. The predicted octanol–water partition coefficient (Wildman–Crippen LogP) is 3.92. The van der Waals surface area contributed by atoms with Gasteiger partial charge in [0.2, 0.25) is 5.91 Å². The lowest BCUT2D eigenvalue weighted by atomic mass is 10.2. The second kappa shape index (κ2) is 9.62. The van der Waals surface area contributed by atoms with Gasteiger partial charge in [-0.1, -0.05) is 48.5 Å². The van der Waals surface area contributed by atoms with Crippen LogP contribution in [0.3, 0.4) is 0 Å². The summed E-state index contributed by atoms with van der Waals surface area (Å²) in [5.41, 5.74) is 1.64. The molecule has 0 saturated heterocycles. The number of sulfonamides is 1. The molecule has 3 rings (SSSR count). The van der Waals surface area contributed by atoms with Crippen LogP contribution in [0.5, 0.6) is 0 Å². The topological polar surface area (TPSA) is 66.5 Å². The summed E-state index contributed by atoms with van der Waals surface area (Å²) >= 11 is 1.37. The molecule has 7 heteroatoms. The number of carbonyl (C=O) groups excluding carboxylic acids is 1. The number of anilines is 1. The Morgan fingerprint density at radius 2 is 1.48 bits per heavy atom. The minimum atomic E-state index is -3.63. The first-order chi connectivity index (χ1) is 14.0. The van der Waals surface area contributed by atoms with E-state index in [4.69, 9.17) is 0 Å². The lowest BCUT2D eigenvalue weighted by Crippen LogP contribution is -2.26. The van der Waals surface area contributed by atoms with Crippen molar-refractivity contribution < 1.29 is 13.2 Å². The third kappa shape index (κ3) is 5.62. The maximum atomic E-state index is 12.8. The summed E-state index contributed by atoms with van der Waals surface area (Å²) in [7, 11) is -2.10. The molecule has 0 aliphatic carbocycles. The quantitative estimate of drug-likeness (QED) is 0.555. The van der Waals surface area contributed by atoms with E-state index in [1.54, 1.807) is 48.5 Å². The van der Waals surface area contributed by atoms with Gasteiger partial charge in [0.1, 0.15) is 0 Å². The van der Waals surface area contributed by atoms with Crippen LogP contribution >= 0.6 is 11.8 Å². The average Bonchev–Trinajstić information content (AvgIpc) is 2.77. The Balaban J connectivity index is 1.56. The molecule has 0 atom stereocenters. The molecule has 0 heterocycles. The minimum Gasteiger partial charge on any atom is -0.351 e. The van der Waals surface area contributed by atoms with Crippen LogP contribution in [0, 0.1) is 0 Å². The van der Waals surface area contributed by atoms with Gasteiger partial charge >= 0.3 is 0 Å². The highest BCUT2D eigenvalue weighted by molar-refractivity contribution is 8.00. The summed E-state index contributed by atoms with van der Waals surface area (Å²) in [6.07, 6.45) is 0. The highest BCUT2D eigenvalue weighted by atomic mass is 32.2. The Morgan fingerprint density at radius 3 is 2.10 bits per heavy atom. The van der Waals surface area contributed by atoms with E-state index in [9.17, 15) is 13.2 Å². The van der Waals surface area contributed by atoms with Crippen LogP contribution in [0.1, 0.15) is 5.56 Å². The first-order valence-electron chi connectivity index (χ1n) is 9.04. The van der Waals surface area contributed by atoms with E-state index in [0.717, 1.165) is 10.5 Å². The summed E-state index contributed by atoms with van der Waals surface area (Å²) < 4.78 is 26.8. The minimum absolute atomic E-state index is 0.0700. The molecule has 0 fully saturated rings. The standard InChI is InChI=1S/C22H22N2O3S2/c1-24(19-10-6-3-7-11-19)29(26,27)21-14-12-20(13-15-21)28-17-22(25)23-16-18-8-4-2-5-9-18/h2-15H,16-17H2,1H3,(H,23,25). The van der Waals surface area contributed by atoms with Gasteiger partial charge in [-0.3, -0.25) is 9.10 Å². The highest BCUT2D eigenvalue weighted by Gasteiger charge is 2.21. The average molecular weight is 427 g/mol. The zero-order chi connectivity index (χ0) is 20.7. The van der Waals surface area contributed by atoms with Gasteiger partial charge in [-0.05, 0) is 42.0 Å². The second-order valence-corrected chi connectivity index (χ2v) is 9.35. The van der Waals surface area contributed by atoms with Crippen molar-refractivity contribution in [2.75, 3.05) is 17.1 Å². The van der Waals surface area contributed by atoms with Gasteiger partial charge in [0.15, 0.2) is 0 Å². The number of benzene rings is 3. The van der Waals surface area contributed by atoms with Crippen LogP contribution in [0.25, 0.3) is 0 Å². The number of thioether (sulfide) groups is 1. The molecule has 5 nitrogen and oxygen atoms in total. The highest BCUT2D eigenvalue weighted by Crippen LogP contribution is 2.24. The molecule has 0 radical (unpaired) electrons. The Hall–Kier alpha value is -2.77. The number of carbonyl (C=O) groups is 1. The first kappa shape index (κ1) is 21.0. The van der Waals surface area contributed by atoms with Gasteiger partial charge < -0.3 is 5.32 Å². The number of hydrogen-bond donors (Lipinski definition) is 1. The van der Waals surface area contributed by atoms with Crippen molar-refractivity contribution in [3.63, 3.8) is 0 Å². The van der Waals surface area contributed by atoms with E-state index in [1.807, 2.05) is 36.4 Å². The zero-order valence-electron chi connectivity index (χ0n) is 16.0. The van der Waals surface area contributed by atoms with E-state index in [2.05, 4.69) is 5.32 Å². The Labute approximate surface area is 175 Å². The fraction of sp³-hybridized carbons (Fsp3) is 0.136. The van der Waals surface area contributed by atoms with Crippen LogP contribution in [-0.2, 0) is 21.4 Å². The van der Waals surface area contributed by atoms with Gasteiger partial charge in [-0.2, -0.15) is 0 Å². The molecule has 0 aliphatic rings. The smallest absolute Gasteiger partial charge is 0.264 e. The van der Waals surface area contributed by atoms with Gasteiger partial charge in [-0.15, -0.1) is 11.8 Å². The number of para-hydroxylation sites is 1. The molecule has 3 aromatic rings. The van der Waals surface area contributed by atoms with E-state index < -0.39 is 10.0 Å². The second-order valence-electron chi connectivity index (χ2n) is 6.33. The summed E-state index contributed by atoms with van der Waals surface area (Å²) in [5, 5.41) is 2.88. The molecular formula is C22H22N2O3S2. The van der Waals surface area contributed by atoms with Gasteiger partial charge in [0.05, 0.1) is 16.3 Å². The molecule has 29 heavy (non-hydrogen) atoms. The predicted molar refractivity (Wildman–Crippen MR) is 117 cm³/mol. The van der Waals surface area contributed by atoms with Crippen molar-refractivity contribution in [3.8, 4) is 0 Å². The van der Waals surface area contributed by atoms with Crippen molar-refractivity contribution in [1.29, 1.82) is 0 Å². The number of amides is 1. The van der Waals surface area contributed by atoms with Gasteiger partial charge in [0.25, 0.3) is 10.0 Å². The van der Waals surface area contributed by atoms with Crippen LogP contribution in [-0.4, -0.2) is 27.1 Å². The normalized spacial score (nSPS) is 11.1. The maximum Gasteiger partial charge on any atom is 0.264 e. The molecule has 0 saturated carbocycles. The van der Waals surface area contributed by atoms with Crippen molar-refractivity contribution >= 4 is 33.4 Å². The van der Waals surface area contributed by atoms with Crippen LogP contribution in [0.4, 0.5) is 5.69 Å². The molecule has 1 N–H and O–H groups in total. The Morgan fingerprint density at radius 1 is 0.897 bits per heavy atom. The fourth-order valence-electron chi connectivity index (χ4n) is 2.64. The van der Waals surface area contributed by atoms with Crippen LogP contribution in [0.15, 0.2) is 94.7 Å². The summed E-state index contributed by atoms with van der Waals surface area (Å²) in [6, 6.07) is 25.2. The van der Waals surface area contributed by atoms with Crippen LogP contribution in [0.2, 0.25) is 0 Å². The molecule has 3 aromatic carbocycles. The molecule has 0 unspecified atom stereocenters.